The van der Waals surface area contributed by atoms with E-state index in [0.717, 1.165) is 17.0 Å². The van der Waals surface area contributed by atoms with Gasteiger partial charge < -0.3 is 14.9 Å². The Kier molecular flexibility index (Phi) is 4.72. The van der Waals surface area contributed by atoms with Gasteiger partial charge in [0.1, 0.15) is 17.2 Å². The Labute approximate surface area is 142 Å². The molecule has 0 fully saturated rings. The van der Waals surface area contributed by atoms with Gasteiger partial charge in [-0.1, -0.05) is 0 Å². The predicted octanol–water partition coefficient (Wildman–Crippen LogP) is 4.51. The lowest BCUT2D eigenvalue weighted by molar-refractivity contribution is 0.415. The minimum Gasteiger partial charge on any atom is -0.508 e. The highest BCUT2D eigenvalue weighted by Crippen LogP contribution is 2.29. The summed E-state index contributed by atoms with van der Waals surface area (Å²) in [5.74, 6) is 0.798. The third kappa shape index (κ3) is 3.69. The van der Waals surface area contributed by atoms with E-state index < -0.39 is 0 Å². The summed E-state index contributed by atoms with van der Waals surface area (Å²) in [5, 5.41) is 29.5. The first-order valence-corrected chi connectivity index (χ1v) is 8.02. The summed E-state index contributed by atoms with van der Waals surface area (Å²) in [7, 11) is 1.63. The van der Waals surface area contributed by atoms with Gasteiger partial charge in [0.05, 0.1) is 19.3 Å². The minimum atomic E-state index is -0.00740. The molecule has 1 heterocycles. The van der Waals surface area contributed by atoms with Crippen molar-refractivity contribution in [2.75, 3.05) is 7.11 Å². The molecule has 0 bridgehead atoms. The quantitative estimate of drug-likeness (QED) is 0.668. The van der Waals surface area contributed by atoms with Crippen molar-refractivity contribution in [1.82, 2.24) is 4.98 Å². The van der Waals surface area contributed by atoms with Gasteiger partial charge in [0.25, 0.3) is 0 Å². The molecule has 0 atom stereocenters. The lowest BCUT2D eigenvalue weighted by Gasteiger charge is -2.00. The number of rotatable bonds is 5. The number of phenolic OH excluding ortho intramolecular Hbond substituents is 2. The smallest absolute Gasteiger partial charge is 0.230 e. The second-order valence-corrected chi connectivity index (χ2v) is 5.79. The number of thiazole rings is 1. The molecular formula is C17H15N3O3S. The van der Waals surface area contributed by atoms with E-state index in [1.165, 1.54) is 23.5 Å². The first-order chi connectivity index (χ1) is 11.7. The second kappa shape index (κ2) is 7.10. The highest BCUT2D eigenvalue weighted by molar-refractivity contribution is 7.13. The van der Waals surface area contributed by atoms with E-state index >= 15 is 0 Å². The van der Waals surface area contributed by atoms with Crippen LogP contribution >= 0.6 is 11.3 Å². The molecule has 0 aliphatic heterocycles. The van der Waals surface area contributed by atoms with Crippen LogP contribution in [0.1, 0.15) is 5.56 Å². The number of hydrogen-bond donors (Lipinski definition) is 2. The summed E-state index contributed by atoms with van der Waals surface area (Å²) in [5.41, 5.74) is 2.39. The molecule has 0 saturated carbocycles. The van der Waals surface area contributed by atoms with Crippen molar-refractivity contribution in [1.29, 1.82) is 0 Å². The average Bonchev–Trinajstić information content (AvgIpc) is 3.06. The fraction of sp³-hybridized carbons (Fsp3) is 0.118. The molecule has 0 radical (unpaired) electrons. The molecule has 24 heavy (non-hydrogen) atoms. The lowest BCUT2D eigenvalue weighted by atomic mass is 10.2. The summed E-state index contributed by atoms with van der Waals surface area (Å²) in [6, 6.07) is 12.0. The van der Waals surface area contributed by atoms with Crippen LogP contribution in [0.15, 0.2) is 58.1 Å². The standard InChI is InChI=1S/C17H15N3O3S/c1-23-14-6-3-11(4-7-14)15-10-24-17(19-15)20-18-9-12-2-5-13(21)8-16(12)22/h2-8,10,21-22H,9H2,1H3. The van der Waals surface area contributed by atoms with Crippen molar-refractivity contribution in [3.05, 3.63) is 53.4 Å². The fourth-order valence-corrected chi connectivity index (χ4v) is 2.72. The van der Waals surface area contributed by atoms with Crippen LogP contribution in [0, 0.1) is 0 Å². The number of phenols is 2. The molecule has 3 rings (SSSR count). The molecular weight excluding hydrogens is 326 g/mol. The first-order valence-electron chi connectivity index (χ1n) is 7.14. The van der Waals surface area contributed by atoms with Gasteiger partial charge in [0, 0.05) is 22.6 Å². The highest BCUT2D eigenvalue weighted by Gasteiger charge is 2.05. The van der Waals surface area contributed by atoms with Gasteiger partial charge in [-0.3, -0.25) is 0 Å². The maximum Gasteiger partial charge on any atom is 0.230 e. The largest absolute Gasteiger partial charge is 0.508 e. The summed E-state index contributed by atoms with van der Waals surface area (Å²) in [6.45, 7) is 0.212. The molecule has 0 amide bonds. The summed E-state index contributed by atoms with van der Waals surface area (Å²) >= 11 is 1.39. The normalized spacial score (nSPS) is 11.0. The number of nitrogens with zero attached hydrogens (tertiary/aromatic N) is 3. The lowest BCUT2D eigenvalue weighted by Crippen LogP contribution is -1.82. The third-order valence-corrected chi connectivity index (χ3v) is 4.07. The summed E-state index contributed by atoms with van der Waals surface area (Å²) in [4.78, 5) is 4.42. The van der Waals surface area contributed by atoms with Crippen LogP contribution in [-0.2, 0) is 6.54 Å². The molecule has 3 aromatic rings. The molecule has 0 spiro atoms. The third-order valence-electron chi connectivity index (χ3n) is 3.34. The molecule has 6 nitrogen and oxygen atoms in total. The van der Waals surface area contributed by atoms with Gasteiger partial charge in [-0.15, -0.1) is 16.5 Å². The summed E-state index contributed by atoms with van der Waals surface area (Å²) in [6.07, 6.45) is 0. The van der Waals surface area contributed by atoms with Crippen LogP contribution in [0.4, 0.5) is 5.13 Å². The van der Waals surface area contributed by atoms with Gasteiger partial charge in [-0.2, -0.15) is 5.11 Å². The maximum absolute atomic E-state index is 9.70. The van der Waals surface area contributed by atoms with Crippen molar-refractivity contribution in [3.63, 3.8) is 0 Å². The minimum absolute atomic E-state index is 0.00740. The van der Waals surface area contributed by atoms with E-state index in [2.05, 4.69) is 15.2 Å². The maximum atomic E-state index is 9.70. The molecule has 2 aromatic carbocycles. The Bertz CT molecular complexity index is 860. The van der Waals surface area contributed by atoms with Crippen molar-refractivity contribution >= 4 is 16.5 Å². The van der Waals surface area contributed by atoms with Gasteiger partial charge >= 0.3 is 0 Å². The zero-order valence-corrected chi connectivity index (χ0v) is 13.7. The first kappa shape index (κ1) is 15.9. The van der Waals surface area contributed by atoms with Crippen molar-refractivity contribution in [2.24, 2.45) is 10.2 Å². The number of aromatic nitrogens is 1. The Morgan fingerprint density at radius 1 is 1.12 bits per heavy atom. The Morgan fingerprint density at radius 3 is 2.62 bits per heavy atom. The Hall–Kier alpha value is -2.93. The average molecular weight is 341 g/mol. The van der Waals surface area contributed by atoms with E-state index in [4.69, 9.17) is 4.74 Å². The van der Waals surface area contributed by atoms with E-state index in [9.17, 15) is 10.2 Å². The summed E-state index contributed by atoms with van der Waals surface area (Å²) < 4.78 is 5.14. The molecule has 122 valence electrons. The molecule has 0 unspecified atom stereocenters. The Morgan fingerprint density at radius 2 is 1.92 bits per heavy atom. The van der Waals surface area contributed by atoms with E-state index in [0.29, 0.717) is 10.7 Å². The number of ether oxygens (including phenoxy) is 1. The number of benzene rings is 2. The topological polar surface area (TPSA) is 87.3 Å². The van der Waals surface area contributed by atoms with Gasteiger partial charge in [0.15, 0.2) is 0 Å². The van der Waals surface area contributed by atoms with E-state index in [-0.39, 0.29) is 18.0 Å². The predicted molar refractivity (Wildman–Crippen MR) is 92.1 cm³/mol. The number of hydrogen-bond acceptors (Lipinski definition) is 7. The van der Waals surface area contributed by atoms with Gasteiger partial charge in [0.2, 0.25) is 5.13 Å². The fourth-order valence-electron chi connectivity index (χ4n) is 2.06. The number of azo groups is 1. The molecule has 7 heteroatoms. The zero-order valence-electron chi connectivity index (χ0n) is 12.9. The van der Waals surface area contributed by atoms with Crippen LogP contribution in [0.5, 0.6) is 17.2 Å². The number of methoxy groups -OCH3 is 1. The van der Waals surface area contributed by atoms with E-state index in [1.807, 2.05) is 29.6 Å². The van der Waals surface area contributed by atoms with Crippen molar-refractivity contribution in [3.8, 4) is 28.5 Å². The Balaban J connectivity index is 1.68. The van der Waals surface area contributed by atoms with Crippen molar-refractivity contribution < 1.29 is 14.9 Å². The molecule has 0 saturated heterocycles. The van der Waals surface area contributed by atoms with Crippen LogP contribution in [-0.4, -0.2) is 22.3 Å². The highest BCUT2D eigenvalue weighted by atomic mass is 32.1. The SMILES string of the molecule is COc1ccc(-c2csc(N=NCc3ccc(O)cc3O)n2)cc1. The van der Waals surface area contributed by atoms with E-state index in [1.54, 1.807) is 13.2 Å². The zero-order chi connectivity index (χ0) is 16.9. The van der Waals surface area contributed by atoms with Gasteiger partial charge in [-0.05, 0) is 36.4 Å². The van der Waals surface area contributed by atoms with Crippen LogP contribution in [0.3, 0.4) is 0 Å². The van der Waals surface area contributed by atoms with Crippen LogP contribution in [0.2, 0.25) is 0 Å². The molecule has 0 aliphatic rings. The number of aromatic hydroxyl groups is 2. The molecule has 2 N–H and O–H groups in total. The monoisotopic (exact) mass is 341 g/mol. The molecule has 0 aliphatic carbocycles. The van der Waals surface area contributed by atoms with Gasteiger partial charge in [-0.25, -0.2) is 4.98 Å². The van der Waals surface area contributed by atoms with Crippen molar-refractivity contribution in [2.45, 2.75) is 6.54 Å². The van der Waals surface area contributed by atoms with Crippen LogP contribution < -0.4 is 4.74 Å². The molecule has 1 aromatic heterocycles. The van der Waals surface area contributed by atoms with Crippen LogP contribution in [0.25, 0.3) is 11.3 Å². The second-order valence-electron chi connectivity index (χ2n) is 4.96.